The van der Waals surface area contributed by atoms with E-state index in [1.165, 1.54) is 0 Å². The maximum atomic E-state index is 10.6. The van der Waals surface area contributed by atoms with Gasteiger partial charge in [0.15, 0.2) is 0 Å². The number of methoxy groups -OCH3 is 1. The van der Waals surface area contributed by atoms with Crippen LogP contribution in [0.3, 0.4) is 0 Å². The fourth-order valence-electron chi connectivity index (χ4n) is 2.00. The molecular formula is C14H19NO4. The molecule has 1 heterocycles. The van der Waals surface area contributed by atoms with Gasteiger partial charge in [0.05, 0.1) is 13.2 Å². The van der Waals surface area contributed by atoms with Crippen LogP contribution in [0.1, 0.15) is 10.4 Å². The number of hydrogen-bond donors (Lipinski definition) is 0. The molecular weight excluding hydrogens is 246 g/mol. The number of benzene rings is 1. The Morgan fingerprint density at radius 1 is 1.32 bits per heavy atom. The molecule has 0 N–H and O–H groups in total. The molecule has 0 aliphatic carbocycles. The Kier molecular flexibility index (Phi) is 5.32. The van der Waals surface area contributed by atoms with Gasteiger partial charge >= 0.3 is 0 Å². The second-order valence-electron chi connectivity index (χ2n) is 4.34. The molecule has 5 heteroatoms. The highest BCUT2D eigenvalue weighted by Gasteiger charge is 2.20. The smallest absolute Gasteiger partial charge is 0.150 e. The van der Waals surface area contributed by atoms with Gasteiger partial charge in [0.2, 0.25) is 0 Å². The average molecular weight is 265 g/mol. The van der Waals surface area contributed by atoms with Crippen molar-refractivity contribution in [3.05, 3.63) is 29.8 Å². The summed E-state index contributed by atoms with van der Waals surface area (Å²) in [7, 11) is 1.68. The predicted molar refractivity (Wildman–Crippen MR) is 70.5 cm³/mol. The van der Waals surface area contributed by atoms with Gasteiger partial charge < -0.3 is 14.2 Å². The fourth-order valence-corrected chi connectivity index (χ4v) is 2.00. The summed E-state index contributed by atoms with van der Waals surface area (Å²) in [5.74, 6) is 0.737. The molecule has 0 spiro atoms. The predicted octanol–water partition coefficient (Wildman–Crippen LogP) is 1.18. The molecule has 1 aromatic rings. The van der Waals surface area contributed by atoms with Crippen molar-refractivity contribution < 1.29 is 19.0 Å². The standard InChI is InChI=1S/C14H19NO4/c1-17-14(15-6-8-18-9-7-15)11-19-13-4-2-12(10-16)3-5-13/h2-5,10,14H,6-9,11H2,1H3. The third-order valence-electron chi connectivity index (χ3n) is 3.13. The Labute approximate surface area is 113 Å². The van der Waals surface area contributed by atoms with E-state index in [9.17, 15) is 4.79 Å². The number of carbonyl (C=O) groups excluding carboxylic acids is 1. The molecule has 0 radical (unpaired) electrons. The molecule has 104 valence electrons. The van der Waals surface area contributed by atoms with Crippen molar-refractivity contribution in [1.82, 2.24) is 4.90 Å². The molecule has 1 fully saturated rings. The number of morpholine rings is 1. The van der Waals surface area contributed by atoms with E-state index in [0.717, 1.165) is 38.3 Å². The first-order chi connectivity index (χ1) is 9.33. The molecule has 0 bridgehead atoms. The molecule has 5 nitrogen and oxygen atoms in total. The molecule has 1 aliphatic heterocycles. The lowest BCUT2D eigenvalue weighted by atomic mass is 10.2. The third-order valence-corrected chi connectivity index (χ3v) is 3.13. The van der Waals surface area contributed by atoms with Crippen LogP contribution >= 0.6 is 0 Å². The van der Waals surface area contributed by atoms with Gasteiger partial charge in [-0.2, -0.15) is 0 Å². The van der Waals surface area contributed by atoms with E-state index in [2.05, 4.69) is 4.90 Å². The van der Waals surface area contributed by atoms with Gasteiger partial charge in [-0.3, -0.25) is 9.69 Å². The second-order valence-corrected chi connectivity index (χ2v) is 4.34. The number of aldehydes is 1. The summed E-state index contributed by atoms with van der Waals surface area (Å²) in [6.45, 7) is 3.62. The van der Waals surface area contributed by atoms with Crippen LogP contribution in [0.5, 0.6) is 5.75 Å². The number of rotatable bonds is 6. The van der Waals surface area contributed by atoms with Crippen molar-refractivity contribution in [3.63, 3.8) is 0 Å². The van der Waals surface area contributed by atoms with Crippen molar-refractivity contribution >= 4 is 6.29 Å². The summed E-state index contributed by atoms with van der Waals surface area (Å²) < 4.78 is 16.4. The van der Waals surface area contributed by atoms with Gasteiger partial charge in [0.25, 0.3) is 0 Å². The summed E-state index contributed by atoms with van der Waals surface area (Å²) in [5.41, 5.74) is 0.642. The minimum absolute atomic E-state index is 0.0744. The monoisotopic (exact) mass is 265 g/mol. The molecule has 19 heavy (non-hydrogen) atoms. The zero-order chi connectivity index (χ0) is 13.5. The number of nitrogens with zero attached hydrogens (tertiary/aromatic N) is 1. The first-order valence-electron chi connectivity index (χ1n) is 6.36. The van der Waals surface area contributed by atoms with Crippen LogP contribution in [-0.2, 0) is 9.47 Å². The van der Waals surface area contributed by atoms with Crippen LogP contribution in [-0.4, -0.2) is 57.4 Å². The van der Waals surface area contributed by atoms with Gasteiger partial charge in [-0.05, 0) is 24.3 Å². The van der Waals surface area contributed by atoms with E-state index >= 15 is 0 Å². The largest absolute Gasteiger partial charge is 0.489 e. The molecule has 2 rings (SSSR count). The fraction of sp³-hybridized carbons (Fsp3) is 0.500. The minimum Gasteiger partial charge on any atom is -0.489 e. The highest BCUT2D eigenvalue weighted by molar-refractivity contribution is 5.74. The van der Waals surface area contributed by atoms with E-state index < -0.39 is 0 Å². The zero-order valence-corrected chi connectivity index (χ0v) is 11.1. The van der Waals surface area contributed by atoms with E-state index in [1.807, 2.05) is 0 Å². The zero-order valence-electron chi connectivity index (χ0n) is 11.1. The Morgan fingerprint density at radius 2 is 2.00 bits per heavy atom. The van der Waals surface area contributed by atoms with Gasteiger partial charge in [-0.1, -0.05) is 0 Å². The summed E-state index contributed by atoms with van der Waals surface area (Å²) in [4.78, 5) is 12.8. The Bertz CT molecular complexity index is 387. The summed E-state index contributed by atoms with van der Waals surface area (Å²) in [5, 5.41) is 0. The second kappa shape index (κ2) is 7.23. The van der Waals surface area contributed by atoms with Gasteiger partial charge in [-0.15, -0.1) is 0 Å². The summed E-state index contributed by atoms with van der Waals surface area (Å²) >= 11 is 0. The van der Waals surface area contributed by atoms with Gasteiger partial charge in [0.1, 0.15) is 24.9 Å². The van der Waals surface area contributed by atoms with Crippen molar-refractivity contribution in [2.24, 2.45) is 0 Å². The Hall–Kier alpha value is -1.43. The average Bonchev–Trinajstić information content (AvgIpc) is 2.49. The quantitative estimate of drug-likeness (QED) is 0.723. The van der Waals surface area contributed by atoms with Crippen molar-refractivity contribution in [2.45, 2.75) is 6.23 Å². The van der Waals surface area contributed by atoms with Crippen LogP contribution in [0, 0.1) is 0 Å². The molecule has 1 atom stereocenters. The van der Waals surface area contributed by atoms with Crippen LogP contribution in [0.4, 0.5) is 0 Å². The van der Waals surface area contributed by atoms with Crippen molar-refractivity contribution in [2.75, 3.05) is 40.0 Å². The molecule has 1 aliphatic rings. The first-order valence-corrected chi connectivity index (χ1v) is 6.36. The number of hydrogen-bond acceptors (Lipinski definition) is 5. The summed E-state index contributed by atoms with van der Waals surface area (Å²) in [6.07, 6.45) is 0.741. The van der Waals surface area contributed by atoms with Crippen LogP contribution in [0.25, 0.3) is 0 Å². The topological polar surface area (TPSA) is 48.0 Å². The lowest BCUT2D eigenvalue weighted by Crippen LogP contribution is -2.47. The lowest BCUT2D eigenvalue weighted by molar-refractivity contribution is -0.0948. The van der Waals surface area contributed by atoms with Gasteiger partial charge in [0, 0.05) is 25.8 Å². The molecule has 0 amide bonds. The van der Waals surface area contributed by atoms with Crippen molar-refractivity contribution in [1.29, 1.82) is 0 Å². The van der Waals surface area contributed by atoms with E-state index in [1.54, 1.807) is 31.4 Å². The molecule has 1 aromatic carbocycles. The normalized spacial score (nSPS) is 17.9. The minimum atomic E-state index is -0.0744. The Morgan fingerprint density at radius 3 is 2.58 bits per heavy atom. The van der Waals surface area contributed by atoms with Crippen LogP contribution in [0.15, 0.2) is 24.3 Å². The van der Waals surface area contributed by atoms with E-state index in [4.69, 9.17) is 14.2 Å². The Balaban J connectivity index is 1.85. The first kappa shape index (κ1) is 14.0. The SMILES string of the molecule is COC(COc1ccc(C=O)cc1)N1CCOCC1. The third kappa shape index (κ3) is 4.02. The van der Waals surface area contributed by atoms with Crippen LogP contribution in [0.2, 0.25) is 0 Å². The lowest BCUT2D eigenvalue weighted by Gasteiger charge is -2.33. The van der Waals surface area contributed by atoms with E-state index in [0.29, 0.717) is 12.2 Å². The maximum Gasteiger partial charge on any atom is 0.150 e. The highest BCUT2D eigenvalue weighted by atomic mass is 16.5. The number of ether oxygens (including phenoxy) is 3. The molecule has 1 unspecified atom stereocenters. The molecule has 0 aromatic heterocycles. The highest BCUT2D eigenvalue weighted by Crippen LogP contribution is 2.13. The molecule has 0 saturated carbocycles. The summed E-state index contributed by atoms with van der Waals surface area (Å²) in [6, 6.07) is 7.04. The molecule has 1 saturated heterocycles. The maximum absolute atomic E-state index is 10.6. The van der Waals surface area contributed by atoms with Gasteiger partial charge in [-0.25, -0.2) is 0 Å². The van der Waals surface area contributed by atoms with E-state index in [-0.39, 0.29) is 6.23 Å². The van der Waals surface area contributed by atoms with Crippen molar-refractivity contribution in [3.8, 4) is 5.75 Å². The van der Waals surface area contributed by atoms with Crippen LogP contribution < -0.4 is 4.74 Å². The number of carbonyl (C=O) groups is 1.